The van der Waals surface area contributed by atoms with Crippen molar-refractivity contribution in [2.24, 2.45) is 0 Å². The Morgan fingerprint density at radius 1 is 0.968 bits per heavy atom. The molecule has 156 valence electrons. The normalized spacial score (nSPS) is 10.7. The highest BCUT2D eigenvalue weighted by Gasteiger charge is 2.13. The molecule has 1 amide bonds. The minimum Gasteiger partial charge on any atom is -0.491 e. The van der Waals surface area contributed by atoms with Crippen molar-refractivity contribution in [2.45, 2.75) is 19.9 Å². The van der Waals surface area contributed by atoms with E-state index in [0.29, 0.717) is 34.8 Å². The summed E-state index contributed by atoms with van der Waals surface area (Å²) in [5.74, 6) is 0.764. The Kier molecular flexibility index (Phi) is 6.08. The van der Waals surface area contributed by atoms with Crippen molar-refractivity contribution >= 4 is 22.5 Å². The first-order valence-corrected chi connectivity index (χ1v) is 10.1. The molecule has 0 aliphatic rings. The fourth-order valence-corrected chi connectivity index (χ4v) is 3.42. The molecule has 6 nitrogen and oxygen atoms in total. The third kappa shape index (κ3) is 4.80. The Labute approximate surface area is 180 Å². The Balaban J connectivity index is 1.46. The van der Waals surface area contributed by atoms with Crippen LogP contribution in [0.15, 0.2) is 83.7 Å². The summed E-state index contributed by atoms with van der Waals surface area (Å²) in [6.07, 6.45) is 0.764. The molecule has 0 unspecified atom stereocenters. The highest BCUT2D eigenvalue weighted by molar-refractivity contribution is 5.92. The van der Waals surface area contributed by atoms with Crippen molar-refractivity contribution < 1.29 is 9.53 Å². The summed E-state index contributed by atoms with van der Waals surface area (Å²) in [7, 11) is 0. The predicted molar refractivity (Wildman–Crippen MR) is 121 cm³/mol. The molecule has 31 heavy (non-hydrogen) atoms. The average Bonchev–Trinajstić information content (AvgIpc) is 2.78. The number of para-hydroxylation sites is 3. The van der Waals surface area contributed by atoms with Gasteiger partial charge in [0.25, 0.3) is 5.56 Å². The molecular formula is C25H23N3O3. The molecule has 4 aromatic rings. The molecule has 0 fully saturated rings. The van der Waals surface area contributed by atoms with Gasteiger partial charge in [-0.05, 0) is 36.8 Å². The fraction of sp³-hybridized carbons (Fsp3) is 0.160. The van der Waals surface area contributed by atoms with Crippen LogP contribution >= 0.6 is 0 Å². The molecule has 0 saturated heterocycles. The number of rotatable bonds is 7. The van der Waals surface area contributed by atoms with E-state index in [-0.39, 0.29) is 18.0 Å². The van der Waals surface area contributed by atoms with Crippen LogP contribution in [0.25, 0.3) is 10.9 Å². The zero-order valence-electron chi connectivity index (χ0n) is 17.2. The van der Waals surface area contributed by atoms with Crippen molar-refractivity contribution in [1.29, 1.82) is 0 Å². The van der Waals surface area contributed by atoms with E-state index in [9.17, 15) is 9.59 Å². The van der Waals surface area contributed by atoms with Crippen LogP contribution in [0.4, 0.5) is 5.69 Å². The van der Waals surface area contributed by atoms with Gasteiger partial charge in [-0.15, -0.1) is 0 Å². The molecule has 1 aromatic heterocycles. The van der Waals surface area contributed by atoms with E-state index in [4.69, 9.17) is 4.74 Å². The van der Waals surface area contributed by atoms with Crippen molar-refractivity contribution in [1.82, 2.24) is 9.55 Å². The average molecular weight is 413 g/mol. The predicted octanol–water partition coefficient (Wildman–Crippen LogP) is 3.97. The second-order valence-electron chi connectivity index (χ2n) is 7.20. The summed E-state index contributed by atoms with van der Waals surface area (Å²) in [5, 5.41) is 3.35. The van der Waals surface area contributed by atoms with Gasteiger partial charge in [-0.2, -0.15) is 0 Å². The van der Waals surface area contributed by atoms with Crippen LogP contribution in [-0.2, 0) is 17.8 Å². The Morgan fingerprint density at radius 3 is 2.52 bits per heavy atom. The summed E-state index contributed by atoms with van der Waals surface area (Å²) in [6.45, 7) is 2.09. The summed E-state index contributed by atoms with van der Waals surface area (Å²) in [5.41, 5.74) is 2.15. The molecule has 1 heterocycles. The molecule has 0 aliphatic heterocycles. The lowest BCUT2D eigenvalue weighted by Gasteiger charge is -2.14. The molecule has 0 saturated carbocycles. The number of carbonyl (C=O) groups excluding carboxylic acids is 1. The number of nitrogens with one attached hydrogen (secondary N) is 1. The zero-order chi connectivity index (χ0) is 21.6. The summed E-state index contributed by atoms with van der Waals surface area (Å²) in [4.78, 5) is 30.0. The number of anilines is 1. The van der Waals surface area contributed by atoms with Crippen LogP contribution in [-0.4, -0.2) is 22.1 Å². The van der Waals surface area contributed by atoms with E-state index in [1.54, 1.807) is 31.2 Å². The van der Waals surface area contributed by atoms with Gasteiger partial charge in [-0.1, -0.05) is 54.6 Å². The van der Waals surface area contributed by atoms with E-state index < -0.39 is 0 Å². The summed E-state index contributed by atoms with van der Waals surface area (Å²) in [6, 6.07) is 24.5. The lowest BCUT2D eigenvalue weighted by atomic mass is 10.2. The smallest absolute Gasteiger partial charge is 0.261 e. The first kappa shape index (κ1) is 20.3. The van der Waals surface area contributed by atoms with Gasteiger partial charge in [-0.3, -0.25) is 14.2 Å². The summed E-state index contributed by atoms with van der Waals surface area (Å²) < 4.78 is 7.29. The number of aryl methyl sites for hydroxylation is 1. The quantitative estimate of drug-likeness (QED) is 0.498. The third-order valence-corrected chi connectivity index (χ3v) is 5.01. The molecule has 4 rings (SSSR count). The second kappa shape index (κ2) is 9.26. The van der Waals surface area contributed by atoms with Gasteiger partial charge >= 0.3 is 0 Å². The van der Waals surface area contributed by atoms with Crippen molar-refractivity contribution in [3.05, 3.63) is 101 Å². The van der Waals surface area contributed by atoms with Crippen LogP contribution in [0, 0.1) is 6.92 Å². The van der Waals surface area contributed by atoms with Crippen molar-refractivity contribution in [2.75, 3.05) is 11.9 Å². The van der Waals surface area contributed by atoms with E-state index in [1.807, 2.05) is 42.5 Å². The first-order valence-electron chi connectivity index (χ1n) is 10.1. The van der Waals surface area contributed by atoms with Gasteiger partial charge in [0.15, 0.2) is 0 Å². The maximum absolute atomic E-state index is 12.8. The van der Waals surface area contributed by atoms with Crippen LogP contribution in [0.1, 0.15) is 11.4 Å². The van der Waals surface area contributed by atoms with Crippen LogP contribution in [0.3, 0.4) is 0 Å². The Bertz CT molecular complexity index is 1270. The number of fused-ring (bicyclic) bond motifs is 1. The molecule has 0 atom stereocenters. The number of hydrogen-bond donors (Lipinski definition) is 1. The number of carbonyl (C=O) groups is 1. The van der Waals surface area contributed by atoms with E-state index in [2.05, 4.69) is 22.4 Å². The van der Waals surface area contributed by atoms with Gasteiger partial charge in [0.2, 0.25) is 5.91 Å². The monoisotopic (exact) mass is 413 g/mol. The molecule has 0 spiro atoms. The largest absolute Gasteiger partial charge is 0.491 e. The maximum atomic E-state index is 12.8. The van der Waals surface area contributed by atoms with Crippen LogP contribution in [0.2, 0.25) is 0 Å². The first-order chi connectivity index (χ1) is 15.1. The molecular weight excluding hydrogens is 390 g/mol. The Hall–Kier alpha value is -3.93. The molecule has 3 aromatic carbocycles. The molecule has 0 bridgehead atoms. The van der Waals surface area contributed by atoms with Crippen molar-refractivity contribution in [3.8, 4) is 5.75 Å². The fourth-order valence-electron chi connectivity index (χ4n) is 3.42. The van der Waals surface area contributed by atoms with Gasteiger partial charge in [0.1, 0.15) is 18.1 Å². The lowest BCUT2D eigenvalue weighted by Crippen LogP contribution is -2.30. The van der Waals surface area contributed by atoms with Gasteiger partial charge in [0, 0.05) is 6.42 Å². The lowest BCUT2D eigenvalue weighted by molar-refractivity contribution is -0.116. The zero-order valence-corrected chi connectivity index (χ0v) is 17.2. The molecule has 0 radical (unpaired) electrons. The Morgan fingerprint density at radius 2 is 1.68 bits per heavy atom. The number of hydrogen-bond acceptors (Lipinski definition) is 4. The second-order valence-corrected chi connectivity index (χ2v) is 7.20. The molecule has 6 heteroatoms. The van der Waals surface area contributed by atoms with E-state index in [1.165, 1.54) is 10.1 Å². The number of benzene rings is 3. The molecule has 0 aliphatic carbocycles. The van der Waals surface area contributed by atoms with E-state index >= 15 is 0 Å². The third-order valence-electron chi connectivity index (χ3n) is 5.01. The van der Waals surface area contributed by atoms with Gasteiger partial charge < -0.3 is 10.1 Å². The minimum absolute atomic E-state index is 0.124. The van der Waals surface area contributed by atoms with Crippen LogP contribution in [0.5, 0.6) is 5.75 Å². The number of amides is 1. The SMILES string of the molecule is Cc1nc2ccccc2c(=O)n1CC(=O)Nc1ccccc1OCCc1ccccc1. The topological polar surface area (TPSA) is 73.2 Å². The number of aromatic nitrogens is 2. The van der Waals surface area contributed by atoms with E-state index in [0.717, 1.165) is 6.42 Å². The summed E-state index contributed by atoms with van der Waals surface area (Å²) >= 11 is 0. The minimum atomic E-state index is -0.318. The number of ether oxygens (including phenoxy) is 1. The standard InChI is InChI=1S/C25H23N3O3/c1-18-26-21-12-6-5-11-20(21)25(30)28(18)17-24(29)27-22-13-7-8-14-23(22)31-16-15-19-9-3-2-4-10-19/h2-14H,15-17H2,1H3,(H,27,29). The number of nitrogens with zero attached hydrogens (tertiary/aromatic N) is 2. The van der Waals surface area contributed by atoms with Crippen molar-refractivity contribution in [3.63, 3.8) is 0 Å². The van der Waals surface area contributed by atoms with Gasteiger partial charge in [0.05, 0.1) is 23.2 Å². The molecule has 1 N–H and O–H groups in total. The van der Waals surface area contributed by atoms with Crippen LogP contribution < -0.4 is 15.6 Å². The highest BCUT2D eigenvalue weighted by Crippen LogP contribution is 2.24. The highest BCUT2D eigenvalue weighted by atomic mass is 16.5. The maximum Gasteiger partial charge on any atom is 0.261 e. The van der Waals surface area contributed by atoms with Gasteiger partial charge in [-0.25, -0.2) is 4.98 Å².